The molecule has 0 amide bonds. The highest BCUT2D eigenvalue weighted by molar-refractivity contribution is 7.99. The maximum Gasteiger partial charge on any atom is 0.191 e. The van der Waals surface area contributed by atoms with Crippen molar-refractivity contribution in [1.82, 2.24) is 74.9 Å². The van der Waals surface area contributed by atoms with Crippen LogP contribution in [0.25, 0.3) is 33.5 Å². The standard InChI is InChI=1S/3C24H31FN6O4S/c3*1-3-8-36-24-27-22(26-16-10-14(16)13-5-4-12(2)15(25)9-13)19-23(28-24)31(30-29-19)17-11-18(35-7-6-32)21(34)20(17)33/h3*4-5,9,14,16-18,20-21,32-34H,3,6-8,10-11H2,1-2H3,(H,26,27,28)/t3*14-,16+,17+,18-,20-,21+/m000/s1/i3D2,6D2,7D2,8D2,10D2,11D2,17D,18D,20D,21D;3D2,7D2,8D2,10D2,11D2,17D,18D,20D,21D;11D2,16D,17D,18D,20D,21D. The van der Waals surface area contributed by atoms with Crippen LogP contribution in [-0.2, 0) is 14.2 Å². The van der Waals surface area contributed by atoms with E-state index in [-0.39, 0.29) is 78.1 Å². The Hall–Kier alpha value is -7.14. The number of rotatable bonds is 30. The molecule has 0 saturated heterocycles. The Kier molecular flexibility index (Phi) is 14.5. The van der Waals surface area contributed by atoms with Gasteiger partial charge in [0.05, 0.1) is 102 Å². The van der Waals surface area contributed by atoms with E-state index in [1.54, 1.807) is 19.1 Å². The predicted molar refractivity (Wildman–Crippen MR) is 398 cm³/mol. The molecule has 6 saturated carbocycles. The Morgan fingerprint density at radius 2 is 0.889 bits per heavy atom. The molecule has 18 atom stereocenters. The summed E-state index contributed by atoms with van der Waals surface area (Å²) in [7, 11) is 0. The number of aromatic nitrogens is 15. The van der Waals surface area contributed by atoms with E-state index >= 15 is 0 Å². The van der Waals surface area contributed by atoms with Crippen LogP contribution in [0.1, 0.15) is 198 Å². The van der Waals surface area contributed by atoms with Crippen LogP contribution in [0, 0.1) is 38.2 Å². The van der Waals surface area contributed by atoms with Crippen molar-refractivity contribution in [3.8, 4) is 0 Å². The lowest BCUT2D eigenvalue weighted by atomic mass is 10.1. The van der Waals surface area contributed by atoms with Gasteiger partial charge < -0.3 is 76.1 Å². The van der Waals surface area contributed by atoms with Crippen LogP contribution < -0.4 is 16.0 Å². The first-order valence-electron chi connectivity index (χ1n) is 50.9. The van der Waals surface area contributed by atoms with Gasteiger partial charge in [0, 0.05) is 96.8 Å². The van der Waals surface area contributed by atoms with E-state index in [2.05, 4.69) is 86.3 Å². The lowest BCUT2D eigenvalue weighted by Gasteiger charge is -2.17. The van der Waals surface area contributed by atoms with E-state index in [4.69, 9.17) is 55.5 Å². The third kappa shape index (κ3) is 17.5. The molecule has 12 N–H and O–H groups in total. The molecule has 0 unspecified atom stereocenters. The van der Waals surface area contributed by atoms with Crippen LogP contribution in [0.2, 0.25) is 0 Å². The third-order valence-electron chi connectivity index (χ3n) is 16.3. The molecule has 6 aromatic heterocycles. The number of aryl methyl sites for hydroxylation is 3. The molecule has 6 heterocycles. The normalized spacial score (nSPS) is 44.8. The van der Waals surface area contributed by atoms with Crippen LogP contribution in [0.15, 0.2) is 70.1 Å². The average Bonchev–Trinajstić information content (AvgIpc) is 1.49. The smallest absolute Gasteiger partial charge is 0.191 e. The molecule has 36 heteroatoms. The second-order valence-electron chi connectivity index (χ2n) is 23.6. The molecule has 9 aromatic rings. The summed E-state index contributed by atoms with van der Waals surface area (Å²) in [5, 5.41) is 124. The fourth-order valence-electron chi connectivity index (χ4n) is 10.6. The Morgan fingerprint density at radius 1 is 0.500 bits per heavy atom. The number of anilines is 3. The van der Waals surface area contributed by atoms with E-state index in [9.17, 15) is 59.1 Å². The minimum absolute atomic E-state index is 0.0287. The first-order valence-corrected chi connectivity index (χ1v) is 35.0. The van der Waals surface area contributed by atoms with Crippen molar-refractivity contribution >= 4 is 86.2 Å². The summed E-state index contributed by atoms with van der Waals surface area (Å²) >= 11 is 1.31. The molecular formula is C72H93F3N18O12S3. The Balaban J connectivity index is 0.000000183. The van der Waals surface area contributed by atoms with Gasteiger partial charge in [0.2, 0.25) is 0 Å². The summed E-state index contributed by atoms with van der Waals surface area (Å²) in [5.74, 6) is -4.54. The molecule has 6 aliphatic carbocycles. The van der Waals surface area contributed by atoms with Crippen molar-refractivity contribution in [3.05, 3.63) is 105 Å². The number of ether oxygens (including phenoxy) is 3. The second-order valence-corrected chi connectivity index (χ2v) is 26.2. The van der Waals surface area contributed by atoms with E-state index in [0.717, 1.165) is 26.0 Å². The van der Waals surface area contributed by atoms with Crippen LogP contribution >= 0.6 is 35.3 Å². The molecule has 0 radical (unpaired) electrons. The molecule has 30 nitrogen and oxygen atoms in total. The van der Waals surface area contributed by atoms with Crippen LogP contribution in [0.5, 0.6) is 0 Å². The SMILES string of the molecule is [2H]C([2H])(CO)O[C@@]1([2H])C([2H])([2H])[C@@]([2H])(n2nnc3c(N[C@H]4[C@H](c5ccc(C)c(F)c5)C4([2H])[2H])nc(SC([2H])([2H])C([2H])([2H])C)nc32)[C@]([2H])(O)[C@]1([2H])O.[2H]C1([2H])[C@@H](Nc2nc(SC([2H])([2H])C([2H])([2H])C)nc3c2nnn3[C@]2([2H])C([2H])([2H])[C@]([2H])(OC([2H])([2H])C([2H])([2H])O)[C@@]([2H])(O)[C@@]2([2H])O)[C@@H]1c1ccc(C)c(F)c1.[2H]C1([2H])[C@]([2H])(OCCO)[C@@]([2H])(O)[C@@]([2H])(O)[C@]1([2H])n1nnc2c(N[C@]3([2H])C[C@H]3c3ccc(C)c(F)c3)nc(SCCC)nc21. The zero-order valence-electron chi connectivity index (χ0n) is 94.1. The number of halogens is 3. The average molecular weight is 1590 g/mol. The second kappa shape index (κ2) is 35.1. The van der Waals surface area contributed by atoms with Gasteiger partial charge in [-0.25, -0.2) is 57.1 Å². The summed E-state index contributed by atoms with van der Waals surface area (Å²) in [6.07, 6.45) is -56.6. The van der Waals surface area contributed by atoms with Gasteiger partial charge in [-0.15, -0.1) is 15.3 Å². The molecule has 0 bridgehead atoms. The lowest BCUT2D eigenvalue weighted by Crippen LogP contribution is -2.33. The number of benzene rings is 3. The lowest BCUT2D eigenvalue weighted by molar-refractivity contribution is -0.0629. The maximum absolute atomic E-state index is 14.4. The molecule has 108 heavy (non-hydrogen) atoms. The quantitative estimate of drug-likeness (QED) is 0.0168. The third-order valence-corrected chi connectivity index (χ3v) is 18.7. The maximum atomic E-state index is 14.4. The first-order chi connectivity index (χ1) is 65.5. The van der Waals surface area contributed by atoms with Gasteiger partial charge in [0.25, 0.3) is 0 Å². The molecule has 0 spiro atoms. The number of fused-ring (bicyclic) bond motifs is 3. The largest absolute Gasteiger partial charge is 0.394 e. The van der Waals surface area contributed by atoms with Crippen LogP contribution in [0.4, 0.5) is 30.6 Å². The van der Waals surface area contributed by atoms with Gasteiger partial charge in [-0.3, -0.25) is 0 Å². The summed E-state index contributed by atoms with van der Waals surface area (Å²) in [6, 6.07) is -2.30. The summed E-state index contributed by atoms with van der Waals surface area (Å²) < 4.78 is 366. The number of nitrogens with one attached hydrogen (secondary N) is 3. The van der Waals surface area contributed by atoms with Gasteiger partial charge in [0.15, 0.2) is 66.4 Å². The number of thioether (sulfide) groups is 3. The van der Waals surface area contributed by atoms with Crippen molar-refractivity contribution in [2.24, 2.45) is 0 Å². The number of hydrogen-bond acceptors (Lipinski definition) is 30. The van der Waals surface area contributed by atoms with E-state index in [1.165, 1.54) is 55.9 Å². The molecule has 15 rings (SSSR count). The van der Waals surface area contributed by atoms with Gasteiger partial charge in [-0.2, -0.15) is 0 Å². The van der Waals surface area contributed by atoms with Crippen molar-refractivity contribution in [2.45, 2.75) is 223 Å². The number of aliphatic hydroxyl groups excluding tert-OH is 2. The topological polar surface area (TPSA) is 415 Å². The van der Waals surface area contributed by atoms with E-state index in [0.29, 0.717) is 33.5 Å². The summed E-state index contributed by atoms with van der Waals surface area (Å²) in [6.45, 7) is -6.23. The number of hydrogen-bond donors (Lipinski definition) is 12. The monoisotopic (exact) mass is 1590 g/mol. The molecule has 6 aliphatic rings. The molecular weight excluding hydrogens is 1460 g/mol. The van der Waals surface area contributed by atoms with E-state index in [1.807, 2.05) is 6.92 Å². The van der Waals surface area contributed by atoms with Gasteiger partial charge >= 0.3 is 0 Å². The number of aliphatic hydroxyl groups is 9. The number of nitrogens with zero attached hydrogens (tertiary/aromatic N) is 15. The molecule has 0 aliphatic heterocycles. The van der Waals surface area contributed by atoms with Crippen LogP contribution in [-0.4, -0.2) is 250 Å². The minimum atomic E-state index is -4.41. The fraction of sp³-hybridized carbons (Fsp3) is 0.583. The molecule has 582 valence electrons. The van der Waals surface area contributed by atoms with Crippen molar-refractivity contribution in [2.75, 3.05) is 72.6 Å². The highest BCUT2D eigenvalue weighted by atomic mass is 32.2. The van der Waals surface area contributed by atoms with Crippen molar-refractivity contribution in [3.63, 3.8) is 0 Å². The van der Waals surface area contributed by atoms with Crippen molar-refractivity contribution < 1.29 is 124 Å². The zero-order valence-corrected chi connectivity index (χ0v) is 59.6. The van der Waals surface area contributed by atoms with Crippen molar-refractivity contribution in [1.29, 1.82) is 0 Å². The van der Waals surface area contributed by atoms with Gasteiger partial charge in [-0.05, 0) is 111 Å². The minimum Gasteiger partial charge on any atom is -0.394 e. The van der Waals surface area contributed by atoms with Crippen LogP contribution in [0.3, 0.4) is 0 Å². The zero-order chi connectivity index (χ0) is 110. The fourth-order valence-corrected chi connectivity index (χ4v) is 12.3. The molecule has 6 fully saturated rings. The molecule has 3 aromatic carbocycles. The Morgan fingerprint density at radius 3 is 1.27 bits per heavy atom. The highest BCUT2D eigenvalue weighted by Gasteiger charge is 2.49. The van der Waals surface area contributed by atoms with Gasteiger partial charge in [-0.1, -0.05) is 108 Å². The van der Waals surface area contributed by atoms with Gasteiger partial charge in [0.1, 0.15) is 53.9 Å². The Bertz CT molecular complexity index is 6550. The highest BCUT2D eigenvalue weighted by Crippen LogP contribution is 2.48. The predicted octanol–water partition coefficient (Wildman–Crippen LogP) is 6.55. The van der Waals surface area contributed by atoms with E-state index < -0.39 is 266 Å². The first kappa shape index (κ1) is 44.8. The summed E-state index contributed by atoms with van der Waals surface area (Å²) in [4.78, 5) is 25.1. The Labute approximate surface area is 685 Å². The summed E-state index contributed by atoms with van der Waals surface area (Å²) in [5.41, 5.74) is -6.93.